The van der Waals surface area contributed by atoms with Crippen molar-refractivity contribution in [1.29, 1.82) is 0 Å². The molecule has 0 unspecified atom stereocenters. The lowest BCUT2D eigenvalue weighted by molar-refractivity contribution is -0.130. The second kappa shape index (κ2) is 8.01. The number of unbranched alkanes of at least 4 members (excludes halogenated alkanes) is 1. The molecule has 1 aromatic heterocycles. The third-order valence-corrected chi connectivity index (χ3v) is 4.27. The van der Waals surface area contributed by atoms with Crippen molar-refractivity contribution in [3.8, 4) is 5.75 Å². The number of benzene rings is 1. The second-order valence-corrected chi connectivity index (χ2v) is 6.46. The molecule has 2 rings (SSSR count). The van der Waals surface area contributed by atoms with Crippen LogP contribution in [0.3, 0.4) is 0 Å². The molecule has 1 heterocycles. The van der Waals surface area contributed by atoms with E-state index in [0.717, 1.165) is 24.2 Å². The molecule has 1 aromatic carbocycles. The smallest absolute Gasteiger partial charge is 0.337 e. The van der Waals surface area contributed by atoms with Crippen molar-refractivity contribution >= 4 is 40.6 Å². The Morgan fingerprint density at radius 2 is 2.18 bits per heavy atom. The van der Waals surface area contributed by atoms with E-state index in [-0.39, 0.29) is 5.57 Å². The Kier molecular flexibility index (Phi) is 6.04. The molecule has 22 heavy (non-hydrogen) atoms. The number of carboxylic acid groups (broad SMARTS) is 1. The number of rotatable bonds is 7. The highest BCUT2D eigenvalue weighted by Gasteiger charge is 2.13. The summed E-state index contributed by atoms with van der Waals surface area (Å²) in [6.45, 7) is 2.77. The molecule has 0 radical (unpaired) electrons. The van der Waals surface area contributed by atoms with Gasteiger partial charge >= 0.3 is 5.97 Å². The molecule has 0 aliphatic heterocycles. The lowest BCUT2D eigenvalue weighted by Crippen LogP contribution is -1.98. The van der Waals surface area contributed by atoms with Gasteiger partial charge in [0.05, 0.1) is 16.5 Å². The molecule has 0 fully saturated rings. The van der Waals surface area contributed by atoms with E-state index in [0.29, 0.717) is 15.8 Å². The third kappa shape index (κ3) is 4.61. The van der Waals surface area contributed by atoms with Crippen LogP contribution in [0.15, 0.2) is 36.4 Å². The fraction of sp³-hybridized carbons (Fsp3) is 0.235. The summed E-state index contributed by atoms with van der Waals surface area (Å²) in [4.78, 5) is 12.1. The number of thiophene rings is 1. The Morgan fingerprint density at radius 1 is 1.36 bits per heavy atom. The number of ether oxygens (including phenoxy) is 1. The van der Waals surface area contributed by atoms with Gasteiger partial charge in [-0.1, -0.05) is 37.1 Å². The Hall–Kier alpha value is -1.78. The maximum absolute atomic E-state index is 11.5. The van der Waals surface area contributed by atoms with Crippen LogP contribution in [0, 0.1) is 0 Å². The minimum Gasteiger partial charge on any atom is -0.494 e. The summed E-state index contributed by atoms with van der Waals surface area (Å²) in [7, 11) is 0. The van der Waals surface area contributed by atoms with E-state index in [1.807, 2.05) is 24.3 Å². The normalized spacial score (nSPS) is 11.5. The van der Waals surface area contributed by atoms with Crippen LogP contribution in [0.25, 0.3) is 11.6 Å². The Bertz CT molecular complexity index is 676. The molecule has 116 valence electrons. The fourth-order valence-corrected chi connectivity index (χ4v) is 2.94. The van der Waals surface area contributed by atoms with Gasteiger partial charge in [0.2, 0.25) is 0 Å². The highest BCUT2D eigenvalue weighted by atomic mass is 35.5. The Morgan fingerprint density at radius 3 is 2.82 bits per heavy atom. The van der Waals surface area contributed by atoms with Crippen LogP contribution >= 0.6 is 22.9 Å². The van der Waals surface area contributed by atoms with Gasteiger partial charge < -0.3 is 9.84 Å². The quantitative estimate of drug-likeness (QED) is 0.558. The van der Waals surface area contributed by atoms with Crippen molar-refractivity contribution in [3.63, 3.8) is 0 Å². The van der Waals surface area contributed by atoms with Crippen molar-refractivity contribution in [1.82, 2.24) is 0 Å². The van der Waals surface area contributed by atoms with E-state index in [1.165, 1.54) is 11.3 Å². The van der Waals surface area contributed by atoms with Crippen molar-refractivity contribution in [3.05, 3.63) is 51.2 Å². The van der Waals surface area contributed by atoms with Crippen LogP contribution in [-0.2, 0) is 4.79 Å². The van der Waals surface area contributed by atoms with Gasteiger partial charge in [-0.3, -0.25) is 0 Å². The molecular formula is C17H17ClO3S. The molecule has 0 saturated heterocycles. The average Bonchev–Trinajstić information content (AvgIpc) is 2.91. The average molecular weight is 337 g/mol. The third-order valence-electron chi connectivity index (χ3n) is 3.00. The number of hydrogen-bond donors (Lipinski definition) is 1. The maximum atomic E-state index is 11.5. The Balaban J connectivity index is 2.25. The molecular weight excluding hydrogens is 320 g/mol. The lowest BCUT2D eigenvalue weighted by Gasteiger charge is -2.06. The predicted octanol–water partition coefficient (Wildman–Crippen LogP) is 5.21. The van der Waals surface area contributed by atoms with Gasteiger partial charge in [0.15, 0.2) is 0 Å². The molecule has 5 heteroatoms. The zero-order valence-corrected chi connectivity index (χ0v) is 13.8. The summed E-state index contributed by atoms with van der Waals surface area (Å²) in [5, 5.41) is 9.40. The molecule has 0 spiro atoms. The maximum Gasteiger partial charge on any atom is 0.337 e. The van der Waals surface area contributed by atoms with Gasteiger partial charge in [0, 0.05) is 4.88 Å². The SMILES string of the molecule is CCCCOc1cccc(/C=C(\C(=O)O)c2ccc(Cl)s2)c1. The number of halogens is 1. The highest BCUT2D eigenvalue weighted by molar-refractivity contribution is 7.17. The van der Waals surface area contributed by atoms with Crippen LogP contribution < -0.4 is 4.74 Å². The first-order chi connectivity index (χ1) is 10.6. The van der Waals surface area contributed by atoms with Crippen molar-refractivity contribution < 1.29 is 14.6 Å². The van der Waals surface area contributed by atoms with E-state index >= 15 is 0 Å². The van der Waals surface area contributed by atoms with Crippen LogP contribution in [0.4, 0.5) is 0 Å². The summed E-state index contributed by atoms with van der Waals surface area (Å²) < 4.78 is 6.21. The summed E-state index contributed by atoms with van der Waals surface area (Å²) in [6, 6.07) is 10.8. The van der Waals surface area contributed by atoms with Gasteiger partial charge in [0.1, 0.15) is 5.75 Å². The second-order valence-electron chi connectivity index (χ2n) is 4.74. The van der Waals surface area contributed by atoms with Crippen molar-refractivity contribution in [2.75, 3.05) is 6.61 Å². The number of aliphatic carboxylic acids is 1. The minimum absolute atomic E-state index is 0.225. The van der Waals surface area contributed by atoms with Crippen LogP contribution in [0.5, 0.6) is 5.75 Å². The fourth-order valence-electron chi connectivity index (χ4n) is 1.89. The van der Waals surface area contributed by atoms with Crippen LogP contribution in [0.1, 0.15) is 30.2 Å². The molecule has 2 aromatic rings. The zero-order chi connectivity index (χ0) is 15.9. The van der Waals surface area contributed by atoms with Crippen LogP contribution in [0.2, 0.25) is 4.34 Å². The van der Waals surface area contributed by atoms with Crippen molar-refractivity contribution in [2.24, 2.45) is 0 Å². The van der Waals surface area contributed by atoms with E-state index in [4.69, 9.17) is 16.3 Å². The summed E-state index contributed by atoms with van der Waals surface area (Å²) >= 11 is 7.14. The van der Waals surface area contributed by atoms with E-state index < -0.39 is 5.97 Å². The van der Waals surface area contributed by atoms with Gasteiger partial charge in [-0.15, -0.1) is 11.3 Å². The van der Waals surface area contributed by atoms with Gasteiger partial charge in [0.25, 0.3) is 0 Å². The minimum atomic E-state index is -0.976. The Labute approximate surface area is 138 Å². The first-order valence-electron chi connectivity index (χ1n) is 7.03. The molecule has 0 saturated carbocycles. The highest BCUT2D eigenvalue weighted by Crippen LogP contribution is 2.29. The van der Waals surface area contributed by atoms with Gasteiger partial charge in [-0.05, 0) is 42.3 Å². The monoisotopic (exact) mass is 336 g/mol. The summed E-state index contributed by atoms with van der Waals surface area (Å²) in [6.07, 6.45) is 3.70. The van der Waals surface area contributed by atoms with Gasteiger partial charge in [-0.25, -0.2) is 4.79 Å². The first-order valence-corrected chi connectivity index (χ1v) is 8.23. The molecule has 3 nitrogen and oxygen atoms in total. The van der Waals surface area contributed by atoms with E-state index in [2.05, 4.69) is 6.92 Å². The molecule has 0 aliphatic carbocycles. The summed E-state index contributed by atoms with van der Waals surface area (Å²) in [5.41, 5.74) is 1.01. The predicted molar refractivity (Wildman–Crippen MR) is 91.7 cm³/mol. The standard InChI is InChI=1S/C17H17ClO3S/c1-2-3-9-21-13-6-4-5-12(10-13)11-14(17(19)20)15-7-8-16(18)22-15/h4-8,10-11H,2-3,9H2,1H3,(H,19,20)/b14-11-. The molecule has 0 bridgehead atoms. The number of hydrogen-bond acceptors (Lipinski definition) is 3. The number of carboxylic acids is 1. The first kappa shape index (κ1) is 16.6. The zero-order valence-electron chi connectivity index (χ0n) is 12.2. The largest absolute Gasteiger partial charge is 0.494 e. The van der Waals surface area contributed by atoms with E-state index in [1.54, 1.807) is 18.2 Å². The van der Waals surface area contributed by atoms with E-state index in [9.17, 15) is 9.90 Å². The molecule has 0 aliphatic rings. The molecule has 0 atom stereocenters. The topological polar surface area (TPSA) is 46.5 Å². The van der Waals surface area contributed by atoms with Gasteiger partial charge in [-0.2, -0.15) is 0 Å². The number of carbonyl (C=O) groups is 1. The van der Waals surface area contributed by atoms with Crippen molar-refractivity contribution in [2.45, 2.75) is 19.8 Å². The molecule has 1 N–H and O–H groups in total. The lowest BCUT2D eigenvalue weighted by atomic mass is 10.1. The summed E-state index contributed by atoms with van der Waals surface area (Å²) in [5.74, 6) is -0.230. The van der Waals surface area contributed by atoms with Crippen LogP contribution in [-0.4, -0.2) is 17.7 Å². The molecule has 0 amide bonds.